The van der Waals surface area contributed by atoms with Gasteiger partial charge in [-0.15, -0.1) is 0 Å². The van der Waals surface area contributed by atoms with Gasteiger partial charge in [0.1, 0.15) is 11.5 Å². The van der Waals surface area contributed by atoms with Crippen molar-refractivity contribution in [1.82, 2.24) is 5.32 Å². The van der Waals surface area contributed by atoms with Gasteiger partial charge in [-0.25, -0.2) is 0 Å². The average Bonchev–Trinajstić information content (AvgIpc) is 2.77. The molecule has 1 atom stereocenters. The fourth-order valence-electron chi connectivity index (χ4n) is 2.04. The van der Waals surface area contributed by atoms with Crippen LogP contribution in [0.3, 0.4) is 0 Å². The number of aryl methyl sites for hydroxylation is 1. The highest BCUT2D eigenvalue weighted by atomic mass is 35.5. The topological polar surface area (TPSA) is 34.4 Å². The summed E-state index contributed by atoms with van der Waals surface area (Å²) in [6.45, 7) is 2.02. The normalized spacial score (nSPS) is 12.4. The number of hydrogen-bond donors (Lipinski definition) is 1. The number of furan rings is 1. The second kappa shape index (κ2) is 5.46. The van der Waals surface area contributed by atoms with Crippen LogP contribution in [-0.2, 0) is 0 Å². The molecule has 3 nitrogen and oxygen atoms in total. The summed E-state index contributed by atoms with van der Waals surface area (Å²) in [5.41, 5.74) is 2.20. The van der Waals surface area contributed by atoms with Gasteiger partial charge in [0.15, 0.2) is 5.22 Å². The van der Waals surface area contributed by atoms with Crippen molar-refractivity contribution in [3.05, 3.63) is 52.4 Å². The monoisotopic (exact) mass is 265 g/mol. The van der Waals surface area contributed by atoms with Gasteiger partial charge in [0, 0.05) is 0 Å². The largest absolute Gasteiger partial charge is 0.496 e. The first-order valence-corrected chi connectivity index (χ1v) is 6.10. The second-order valence-electron chi connectivity index (χ2n) is 4.09. The van der Waals surface area contributed by atoms with Gasteiger partial charge in [-0.1, -0.05) is 12.1 Å². The van der Waals surface area contributed by atoms with Gasteiger partial charge in [-0.3, -0.25) is 0 Å². The Morgan fingerprint density at radius 3 is 2.56 bits per heavy atom. The van der Waals surface area contributed by atoms with Crippen LogP contribution in [0, 0.1) is 6.92 Å². The van der Waals surface area contributed by atoms with E-state index < -0.39 is 0 Å². The first-order valence-electron chi connectivity index (χ1n) is 5.72. The number of benzene rings is 1. The summed E-state index contributed by atoms with van der Waals surface area (Å²) in [5, 5.41) is 3.62. The molecule has 1 heterocycles. The molecule has 96 valence electrons. The Morgan fingerprint density at radius 2 is 2.06 bits per heavy atom. The van der Waals surface area contributed by atoms with E-state index in [-0.39, 0.29) is 6.04 Å². The molecule has 2 aromatic rings. The van der Waals surface area contributed by atoms with Crippen LogP contribution in [0.4, 0.5) is 0 Å². The number of ether oxygens (including phenoxy) is 1. The molecule has 4 heteroatoms. The Bertz CT molecular complexity index is 536. The first kappa shape index (κ1) is 13.0. The summed E-state index contributed by atoms with van der Waals surface area (Å²) in [6.07, 6.45) is 0. The Hall–Kier alpha value is -1.45. The lowest BCUT2D eigenvalue weighted by molar-refractivity contribution is 0.411. The summed E-state index contributed by atoms with van der Waals surface area (Å²) in [6, 6.07) is 9.67. The number of nitrogens with one attached hydrogen (secondary N) is 1. The van der Waals surface area contributed by atoms with E-state index in [4.69, 9.17) is 20.8 Å². The lowest BCUT2D eigenvalue weighted by Gasteiger charge is -2.15. The highest BCUT2D eigenvalue weighted by molar-refractivity contribution is 6.28. The Labute approximate surface area is 112 Å². The predicted molar refractivity (Wildman–Crippen MR) is 72.4 cm³/mol. The number of rotatable bonds is 4. The van der Waals surface area contributed by atoms with E-state index in [2.05, 4.69) is 11.4 Å². The third-order valence-corrected chi connectivity index (χ3v) is 3.12. The van der Waals surface area contributed by atoms with Crippen LogP contribution in [0.5, 0.6) is 5.75 Å². The molecule has 1 aromatic carbocycles. The quantitative estimate of drug-likeness (QED) is 0.918. The minimum atomic E-state index is -0.0119. The Kier molecular flexibility index (Phi) is 3.94. The zero-order chi connectivity index (χ0) is 13.1. The minimum absolute atomic E-state index is 0.0119. The number of hydrogen-bond acceptors (Lipinski definition) is 3. The van der Waals surface area contributed by atoms with Crippen molar-refractivity contribution in [2.24, 2.45) is 0 Å². The van der Waals surface area contributed by atoms with Gasteiger partial charge in [0.2, 0.25) is 0 Å². The molecule has 0 spiro atoms. The molecule has 0 saturated heterocycles. The molecule has 1 aromatic heterocycles. The van der Waals surface area contributed by atoms with Gasteiger partial charge in [-0.2, -0.15) is 0 Å². The maximum absolute atomic E-state index is 5.81. The van der Waals surface area contributed by atoms with E-state index in [0.717, 1.165) is 22.6 Å². The Morgan fingerprint density at radius 1 is 1.28 bits per heavy atom. The number of halogens is 1. The van der Waals surface area contributed by atoms with Crippen LogP contribution in [0.1, 0.15) is 22.9 Å². The molecule has 0 aliphatic carbocycles. The molecule has 0 aliphatic heterocycles. The van der Waals surface area contributed by atoms with Crippen molar-refractivity contribution in [2.45, 2.75) is 13.0 Å². The predicted octanol–water partition coefficient (Wildman–Crippen LogP) is 3.56. The van der Waals surface area contributed by atoms with Gasteiger partial charge < -0.3 is 14.5 Å². The van der Waals surface area contributed by atoms with Crippen molar-refractivity contribution in [1.29, 1.82) is 0 Å². The summed E-state index contributed by atoms with van der Waals surface area (Å²) in [7, 11) is 3.56. The maximum atomic E-state index is 5.81. The van der Waals surface area contributed by atoms with Crippen LogP contribution in [-0.4, -0.2) is 14.2 Å². The molecule has 1 unspecified atom stereocenters. The van der Waals surface area contributed by atoms with E-state index in [9.17, 15) is 0 Å². The van der Waals surface area contributed by atoms with Crippen molar-refractivity contribution in [3.63, 3.8) is 0 Å². The third kappa shape index (κ3) is 2.52. The summed E-state index contributed by atoms with van der Waals surface area (Å²) in [4.78, 5) is 0. The number of methoxy groups -OCH3 is 1. The second-order valence-corrected chi connectivity index (χ2v) is 4.47. The first-order chi connectivity index (χ1) is 8.65. The van der Waals surface area contributed by atoms with E-state index in [1.54, 1.807) is 13.2 Å². The SMILES string of the molecule is CNC(c1ccc(OC)c(C)c1)c1ccc(Cl)o1. The molecule has 1 N–H and O–H groups in total. The molecule has 18 heavy (non-hydrogen) atoms. The summed E-state index contributed by atoms with van der Waals surface area (Å²) < 4.78 is 10.7. The van der Waals surface area contributed by atoms with Crippen LogP contribution in [0.25, 0.3) is 0 Å². The van der Waals surface area contributed by atoms with Gasteiger partial charge in [0.05, 0.1) is 13.2 Å². The van der Waals surface area contributed by atoms with E-state index in [0.29, 0.717) is 5.22 Å². The highest BCUT2D eigenvalue weighted by Crippen LogP contribution is 2.28. The van der Waals surface area contributed by atoms with Gasteiger partial charge in [-0.05, 0) is 54.9 Å². The van der Waals surface area contributed by atoms with E-state index in [1.165, 1.54) is 0 Å². The molecule has 2 rings (SSSR count). The highest BCUT2D eigenvalue weighted by Gasteiger charge is 2.16. The fourth-order valence-corrected chi connectivity index (χ4v) is 2.19. The molecule has 0 amide bonds. The zero-order valence-electron chi connectivity index (χ0n) is 10.7. The standard InChI is InChI=1S/C14H16ClNO2/c1-9-8-10(4-5-11(9)17-3)14(16-2)12-6-7-13(15)18-12/h4-8,14,16H,1-3H3. The lowest BCUT2D eigenvalue weighted by atomic mass is 10.0. The third-order valence-electron chi connectivity index (χ3n) is 2.92. The van der Waals surface area contributed by atoms with Crippen molar-refractivity contribution in [3.8, 4) is 5.75 Å². The summed E-state index contributed by atoms with van der Waals surface area (Å²) >= 11 is 5.81. The molecule has 0 radical (unpaired) electrons. The lowest BCUT2D eigenvalue weighted by Crippen LogP contribution is -2.17. The maximum Gasteiger partial charge on any atom is 0.193 e. The molecule has 0 fully saturated rings. The minimum Gasteiger partial charge on any atom is -0.496 e. The van der Waals surface area contributed by atoms with Crippen LogP contribution in [0.15, 0.2) is 34.7 Å². The van der Waals surface area contributed by atoms with Crippen molar-refractivity contribution < 1.29 is 9.15 Å². The van der Waals surface area contributed by atoms with E-state index in [1.807, 2.05) is 32.2 Å². The Balaban J connectivity index is 2.36. The molecule has 0 bridgehead atoms. The smallest absolute Gasteiger partial charge is 0.193 e. The molecular weight excluding hydrogens is 250 g/mol. The molecule has 0 saturated carbocycles. The molecular formula is C14H16ClNO2. The van der Waals surface area contributed by atoms with Crippen LogP contribution >= 0.6 is 11.6 Å². The van der Waals surface area contributed by atoms with Crippen molar-refractivity contribution >= 4 is 11.6 Å². The van der Waals surface area contributed by atoms with E-state index >= 15 is 0 Å². The van der Waals surface area contributed by atoms with Gasteiger partial charge >= 0.3 is 0 Å². The zero-order valence-corrected chi connectivity index (χ0v) is 11.4. The molecule has 0 aliphatic rings. The summed E-state index contributed by atoms with van der Waals surface area (Å²) in [5.74, 6) is 1.68. The van der Waals surface area contributed by atoms with Crippen molar-refractivity contribution in [2.75, 3.05) is 14.2 Å². The van der Waals surface area contributed by atoms with Gasteiger partial charge in [0.25, 0.3) is 0 Å². The van der Waals surface area contributed by atoms with Crippen LogP contribution < -0.4 is 10.1 Å². The average molecular weight is 266 g/mol. The fraction of sp³-hybridized carbons (Fsp3) is 0.286. The van der Waals surface area contributed by atoms with Crippen LogP contribution in [0.2, 0.25) is 5.22 Å².